The van der Waals surface area contributed by atoms with Gasteiger partial charge in [0.2, 0.25) is 17.5 Å². The SMILES string of the molecule is C=C(C)NC[C@H]1CN(c2ccc(N3CCN(C(=O)C4CN(C5=C6NC(=O)/C(C)=C\C=C\[C@H](C)[C@H](O)[C@@H](C)[C@@H](O)[C@@H](C)[C@H](OC(C)=O)[C@H](C)[C@@H](OC)/C=C/O[C@@]7(C)Oc8c(C)c(O)c(c(c8C7=O)C5=O)C6=O)C4)CC3)c(F)c2)C(=O)O1. The summed E-state index contributed by atoms with van der Waals surface area (Å²) in [5, 5.41) is 40.5. The van der Waals surface area contributed by atoms with E-state index in [2.05, 4.69) is 17.2 Å². The third kappa shape index (κ3) is 11.2. The fourth-order valence-electron chi connectivity index (χ4n) is 11.3. The van der Waals surface area contributed by atoms with Gasteiger partial charge in [0, 0.05) is 101 Å². The minimum Gasteiger partial charge on any atom is -0.507 e. The molecule has 5 N–H and O–H groups in total. The number of aliphatic hydroxyl groups is 2. The van der Waals surface area contributed by atoms with E-state index in [0.29, 0.717) is 17.9 Å². The summed E-state index contributed by atoms with van der Waals surface area (Å²) in [5.41, 5.74) is -0.861. The van der Waals surface area contributed by atoms with Crippen LogP contribution in [0.25, 0.3) is 0 Å². The van der Waals surface area contributed by atoms with Crippen LogP contribution in [0, 0.1) is 42.3 Å². The molecular formula is C58H71FN6O15. The largest absolute Gasteiger partial charge is 0.507 e. The fraction of sp³-hybridized carbons (Fsp3) is 0.500. The van der Waals surface area contributed by atoms with Crippen LogP contribution in [0.5, 0.6) is 11.5 Å². The second-order valence-electron chi connectivity index (χ2n) is 21.8. The number of carbonyl (C=O) groups is 7. The molecule has 2 aromatic rings. The van der Waals surface area contributed by atoms with E-state index < -0.39 is 130 Å². The Balaban J connectivity index is 1.06. The Morgan fingerprint density at radius 2 is 1.59 bits per heavy atom. The van der Waals surface area contributed by atoms with Crippen molar-refractivity contribution in [3.8, 4) is 11.5 Å². The molecule has 21 nitrogen and oxygen atoms in total. The van der Waals surface area contributed by atoms with Crippen LogP contribution in [0.15, 0.2) is 78.0 Å². The Morgan fingerprint density at radius 1 is 0.900 bits per heavy atom. The highest BCUT2D eigenvalue weighted by molar-refractivity contribution is 6.32. The number of cyclic esters (lactones) is 1. The number of carbonyl (C=O) groups excluding carboxylic acids is 7. The number of amides is 3. The normalized spacial score (nSPS) is 30.2. The van der Waals surface area contributed by atoms with Gasteiger partial charge in [0.1, 0.15) is 40.9 Å². The van der Waals surface area contributed by atoms with E-state index in [1.54, 1.807) is 62.6 Å². The number of allylic oxidation sites excluding steroid dienone is 5. The minimum atomic E-state index is -2.18. The zero-order chi connectivity index (χ0) is 58.4. The molecular weight excluding hydrogens is 1040 g/mol. The summed E-state index contributed by atoms with van der Waals surface area (Å²) in [5.74, 6) is -11.6. The van der Waals surface area contributed by atoms with Crippen molar-refractivity contribution in [2.75, 3.05) is 69.3 Å². The van der Waals surface area contributed by atoms with Crippen LogP contribution < -0.4 is 25.2 Å². The zero-order valence-electron chi connectivity index (χ0n) is 46.7. The number of aliphatic hydroxyl groups excluding tert-OH is 2. The molecule has 0 saturated carbocycles. The molecule has 1 aliphatic carbocycles. The van der Waals surface area contributed by atoms with Crippen molar-refractivity contribution < 1.29 is 77.0 Å². The second-order valence-corrected chi connectivity index (χ2v) is 21.8. The number of nitrogens with one attached hydrogen (secondary N) is 2. The molecule has 0 radical (unpaired) electrons. The maximum atomic E-state index is 15.7. The minimum absolute atomic E-state index is 0.0607. The first kappa shape index (κ1) is 58.6. The van der Waals surface area contributed by atoms with Crippen molar-refractivity contribution in [2.45, 2.75) is 98.6 Å². The number of ketones is 3. The van der Waals surface area contributed by atoms with E-state index >= 15 is 9.18 Å². The van der Waals surface area contributed by atoms with Gasteiger partial charge in [-0.3, -0.25) is 33.7 Å². The third-order valence-electron chi connectivity index (χ3n) is 16.2. The molecule has 3 amide bonds. The summed E-state index contributed by atoms with van der Waals surface area (Å²) in [7, 11) is 1.40. The van der Waals surface area contributed by atoms with Gasteiger partial charge in [0.05, 0.1) is 71.6 Å². The molecule has 0 spiro atoms. The van der Waals surface area contributed by atoms with E-state index in [9.17, 15) is 44.1 Å². The summed E-state index contributed by atoms with van der Waals surface area (Å²) in [6, 6.07) is 4.51. The maximum Gasteiger partial charge on any atom is 0.414 e. The van der Waals surface area contributed by atoms with Gasteiger partial charge in [-0.15, -0.1) is 0 Å². The number of anilines is 2. The Hall–Kier alpha value is -7.56. The summed E-state index contributed by atoms with van der Waals surface area (Å²) in [4.78, 5) is 104. The first-order valence-electron chi connectivity index (χ1n) is 26.8. The summed E-state index contributed by atoms with van der Waals surface area (Å²) >= 11 is 0. The Labute approximate surface area is 463 Å². The molecule has 3 saturated heterocycles. The van der Waals surface area contributed by atoms with Crippen molar-refractivity contribution in [3.63, 3.8) is 0 Å². The fourth-order valence-corrected chi connectivity index (χ4v) is 11.3. The third-order valence-corrected chi connectivity index (χ3v) is 16.2. The molecule has 7 aliphatic rings. The Kier molecular flexibility index (Phi) is 17.0. The predicted octanol–water partition coefficient (Wildman–Crippen LogP) is 4.83. The van der Waals surface area contributed by atoms with E-state index in [4.69, 9.17) is 23.7 Å². The summed E-state index contributed by atoms with van der Waals surface area (Å²) in [6.07, 6.45) is 1.99. The van der Waals surface area contributed by atoms with Crippen molar-refractivity contribution in [1.82, 2.24) is 20.4 Å². The van der Waals surface area contributed by atoms with Gasteiger partial charge in [0.25, 0.3) is 11.7 Å². The number of hydrogen-bond donors (Lipinski definition) is 5. The molecule has 6 heterocycles. The molecule has 0 aromatic heterocycles. The van der Waals surface area contributed by atoms with Gasteiger partial charge >= 0.3 is 17.8 Å². The number of likely N-dealkylation sites (tertiary alicyclic amines) is 1. The van der Waals surface area contributed by atoms with Crippen LogP contribution in [-0.2, 0) is 33.3 Å². The average molecular weight is 1110 g/mol. The lowest BCUT2D eigenvalue weighted by Gasteiger charge is -2.45. The topological polar surface area (TPSA) is 263 Å². The van der Waals surface area contributed by atoms with Crippen LogP contribution in [0.2, 0.25) is 0 Å². The highest BCUT2D eigenvalue weighted by Crippen LogP contribution is 2.49. The molecule has 430 valence electrons. The zero-order valence-corrected chi connectivity index (χ0v) is 46.7. The van der Waals surface area contributed by atoms with Gasteiger partial charge in [-0.25, -0.2) is 9.18 Å². The number of halogens is 1. The number of Topliss-reactive ketones (excluding diaryl/α,β-unsaturated/α-hetero) is 3. The van der Waals surface area contributed by atoms with Gasteiger partial charge in [-0.1, -0.05) is 52.5 Å². The number of phenolic OH excluding ortho intramolecular Hbond substituents is 1. The predicted molar refractivity (Wildman–Crippen MR) is 289 cm³/mol. The van der Waals surface area contributed by atoms with Crippen LogP contribution in [-0.4, -0.2) is 162 Å². The highest BCUT2D eigenvalue weighted by atomic mass is 19.1. The number of fused-ring (bicyclic) bond motifs is 14. The molecule has 6 aliphatic heterocycles. The average Bonchev–Trinajstić information content (AvgIpc) is 4.11. The first-order chi connectivity index (χ1) is 37.8. The highest BCUT2D eigenvalue weighted by Gasteiger charge is 2.54. The van der Waals surface area contributed by atoms with Gasteiger partial charge < -0.3 is 64.3 Å². The number of esters is 1. The quantitative estimate of drug-likeness (QED) is 0.211. The van der Waals surface area contributed by atoms with E-state index in [1.807, 2.05) is 0 Å². The van der Waals surface area contributed by atoms with E-state index in [1.165, 1.54) is 68.9 Å². The molecule has 2 aromatic carbocycles. The summed E-state index contributed by atoms with van der Waals surface area (Å²) < 4.78 is 44.9. The summed E-state index contributed by atoms with van der Waals surface area (Å²) in [6.45, 7) is 19.2. The second kappa shape index (κ2) is 23.3. The molecule has 5 bridgehead atoms. The standard InChI is InChI=1S/C58H71FN6O15/c1-28(2)60-24-38-27-65(57(75)79-38)37-15-16-40(39(59)23-37)62-18-20-63(21-19-62)56(74)36-25-64(26-36)46-45-50(70)43-42(51(46)71)44-53(34(8)49(43)69)80-58(10,54(44)72)77-22-17-41(76-11)31(5)52(78-35(9)66)33(7)48(68)32(6)47(67)29(3)13-12-14-30(4)55(73)61-45/h12-17,22-23,29,31-33,36,38,41,47-48,52,60,67-69H,1,18-21,24-27H2,2-11H3,(H,61,73)/b13-12+,22-17+,30-14-/t29-,31+,32+,33+,38-,41-,47-,48+,52+,58-/m0/s1. The van der Waals surface area contributed by atoms with Gasteiger partial charge in [-0.05, 0) is 45.0 Å². The van der Waals surface area contributed by atoms with Gasteiger partial charge in [-0.2, -0.15) is 0 Å². The van der Waals surface area contributed by atoms with E-state index in [-0.39, 0.29) is 79.9 Å². The number of hydrogen-bond acceptors (Lipinski definition) is 18. The van der Waals surface area contributed by atoms with Crippen LogP contribution in [0.4, 0.5) is 20.6 Å². The number of methoxy groups -OCH3 is 1. The number of piperazine rings is 1. The number of aromatic hydroxyl groups is 1. The van der Waals surface area contributed by atoms with Crippen molar-refractivity contribution >= 4 is 52.6 Å². The van der Waals surface area contributed by atoms with Crippen molar-refractivity contribution in [2.24, 2.45) is 29.6 Å². The number of rotatable bonds is 9. The smallest absolute Gasteiger partial charge is 0.414 e. The van der Waals surface area contributed by atoms with Crippen molar-refractivity contribution in [1.29, 1.82) is 0 Å². The van der Waals surface area contributed by atoms with Crippen LogP contribution in [0.3, 0.4) is 0 Å². The lowest BCUT2D eigenvalue weighted by molar-refractivity contribution is -0.160. The first-order valence-corrected chi connectivity index (χ1v) is 26.8. The van der Waals surface area contributed by atoms with Gasteiger partial charge in [0.15, 0.2) is 0 Å². The van der Waals surface area contributed by atoms with Crippen LogP contribution in [0.1, 0.15) is 92.0 Å². The Bertz CT molecular complexity index is 3010. The monoisotopic (exact) mass is 1110 g/mol. The molecule has 10 atom stereocenters. The number of phenols is 1. The molecule has 80 heavy (non-hydrogen) atoms. The molecule has 3 fully saturated rings. The van der Waals surface area contributed by atoms with Crippen LogP contribution >= 0.6 is 0 Å². The molecule has 0 unspecified atom stereocenters. The lowest BCUT2D eigenvalue weighted by atomic mass is 9.78. The molecule has 22 heteroatoms. The Morgan fingerprint density at radius 3 is 2.23 bits per heavy atom. The van der Waals surface area contributed by atoms with E-state index in [0.717, 1.165) is 12.0 Å². The molecule has 9 rings (SSSR count). The number of ether oxygens (including phenoxy) is 5. The van der Waals surface area contributed by atoms with Crippen molar-refractivity contribution in [3.05, 3.63) is 106 Å². The lowest BCUT2D eigenvalue weighted by Crippen LogP contribution is -2.59. The number of benzene rings is 2. The maximum absolute atomic E-state index is 15.7. The number of nitrogens with zero attached hydrogens (tertiary/aromatic N) is 4.